The van der Waals surface area contributed by atoms with Gasteiger partial charge in [0, 0.05) is 33.8 Å². The van der Waals surface area contributed by atoms with Crippen molar-refractivity contribution < 1.29 is 5.11 Å². The van der Waals surface area contributed by atoms with Crippen LogP contribution in [0.3, 0.4) is 0 Å². The largest absolute Gasteiger partial charge is 0.392 e. The van der Waals surface area contributed by atoms with E-state index < -0.39 is 0 Å². The molecule has 108 valence electrons. The third-order valence-electron chi connectivity index (χ3n) is 2.89. The molecule has 1 aromatic carbocycles. The number of hydrogen-bond acceptors (Lipinski definition) is 3. The van der Waals surface area contributed by atoms with Gasteiger partial charge in [0.25, 0.3) is 0 Å². The number of aromatic nitrogens is 2. The minimum atomic E-state index is -0.376. The molecule has 1 atom stereocenters. The van der Waals surface area contributed by atoms with E-state index in [1.807, 2.05) is 29.1 Å². The molecule has 3 nitrogen and oxygen atoms in total. The van der Waals surface area contributed by atoms with Crippen molar-refractivity contribution >= 4 is 27.7 Å². The number of aliphatic hydroxyl groups excluding tert-OH is 1. The van der Waals surface area contributed by atoms with Gasteiger partial charge in [0.1, 0.15) is 0 Å². The van der Waals surface area contributed by atoms with Crippen molar-refractivity contribution in [3.63, 3.8) is 0 Å². The highest BCUT2D eigenvalue weighted by Gasteiger charge is 2.09. The maximum atomic E-state index is 10.1. The fourth-order valence-corrected chi connectivity index (χ4v) is 2.89. The average molecular weight is 355 g/mol. The smallest absolute Gasteiger partial charge is 0.0690 e. The molecule has 0 aliphatic carbocycles. The number of halogens is 1. The molecule has 0 fully saturated rings. The average Bonchev–Trinajstić information content (AvgIpc) is 2.87. The summed E-state index contributed by atoms with van der Waals surface area (Å²) in [4.78, 5) is 1.17. The Morgan fingerprint density at radius 1 is 1.25 bits per heavy atom. The molecule has 0 saturated carbocycles. The van der Waals surface area contributed by atoms with E-state index in [4.69, 9.17) is 0 Å². The van der Waals surface area contributed by atoms with Crippen LogP contribution in [0.4, 0.5) is 0 Å². The van der Waals surface area contributed by atoms with Gasteiger partial charge in [-0.3, -0.25) is 4.68 Å². The Kier molecular flexibility index (Phi) is 5.69. The maximum absolute atomic E-state index is 10.1. The molecule has 2 rings (SSSR count). The molecular weight excluding hydrogens is 336 g/mol. The Hall–Kier alpha value is -0.780. The third-order valence-corrected chi connectivity index (χ3v) is 4.58. The van der Waals surface area contributed by atoms with Crippen LogP contribution in [0, 0.1) is 0 Å². The van der Waals surface area contributed by atoms with Gasteiger partial charge in [-0.05, 0) is 44.2 Å². The van der Waals surface area contributed by atoms with E-state index in [1.165, 1.54) is 4.90 Å². The zero-order valence-electron chi connectivity index (χ0n) is 11.7. The number of aliphatic hydroxyl groups is 1. The van der Waals surface area contributed by atoms with Crippen molar-refractivity contribution in [1.82, 2.24) is 9.78 Å². The van der Waals surface area contributed by atoms with Gasteiger partial charge >= 0.3 is 0 Å². The molecule has 0 aliphatic rings. The van der Waals surface area contributed by atoms with Crippen LogP contribution in [0.2, 0.25) is 0 Å². The Bertz CT molecular complexity index is 539. The molecular formula is C15H19BrN2OS. The molecule has 1 N–H and O–H groups in total. The second-order valence-electron chi connectivity index (χ2n) is 5.00. The molecule has 1 unspecified atom stereocenters. The SMILES string of the molecule is CC(C)n1ccc(CC(O)CSc2ccc(Br)cc2)n1. The van der Waals surface area contributed by atoms with Crippen molar-refractivity contribution in [2.75, 3.05) is 5.75 Å². The molecule has 0 saturated heterocycles. The van der Waals surface area contributed by atoms with Crippen molar-refractivity contribution in [3.8, 4) is 0 Å². The Morgan fingerprint density at radius 2 is 1.95 bits per heavy atom. The van der Waals surface area contributed by atoms with E-state index in [0.29, 0.717) is 18.2 Å². The first-order valence-corrected chi connectivity index (χ1v) is 8.43. The topological polar surface area (TPSA) is 38.0 Å². The molecule has 0 aliphatic heterocycles. The molecule has 2 aromatic rings. The first-order chi connectivity index (χ1) is 9.54. The molecule has 20 heavy (non-hydrogen) atoms. The first-order valence-electron chi connectivity index (χ1n) is 6.65. The highest BCUT2D eigenvalue weighted by molar-refractivity contribution is 9.10. The van der Waals surface area contributed by atoms with Crippen molar-refractivity contribution in [2.24, 2.45) is 0 Å². The minimum Gasteiger partial charge on any atom is -0.392 e. The summed E-state index contributed by atoms with van der Waals surface area (Å²) in [7, 11) is 0. The van der Waals surface area contributed by atoms with E-state index in [-0.39, 0.29) is 6.10 Å². The fourth-order valence-electron chi connectivity index (χ4n) is 1.80. The van der Waals surface area contributed by atoms with E-state index in [9.17, 15) is 5.11 Å². The predicted octanol–water partition coefficient (Wildman–Crippen LogP) is 3.92. The molecule has 0 amide bonds. The number of thioether (sulfide) groups is 1. The summed E-state index contributed by atoms with van der Waals surface area (Å²) >= 11 is 5.08. The van der Waals surface area contributed by atoms with Crippen LogP contribution < -0.4 is 0 Å². The summed E-state index contributed by atoms with van der Waals surface area (Å²) in [5.74, 6) is 0.677. The maximum Gasteiger partial charge on any atom is 0.0690 e. The minimum absolute atomic E-state index is 0.359. The van der Waals surface area contributed by atoms with E-state index in [0.717, 1.165) is 10.2 Å². The highest BCUT2D eigenvalue weighted by Crippen LogP contribution is 2.22. The molecule has 0 bridgehead atoms. The predicted molar refractivity (Wildman–Crippen MR) is 87.2 cm³/mol. The summed E-state index contributed by atoms with van der Waals surface area (Å²) in [6.07, 6.45) is 2.19. The van der Waals surface area contributed by atoms with Crippen LogP contribution >= 0.6 is 27.7 Å². The lowest BCUT2D eigenvalue weighted by Crippen LogP contribution is -2.14. The van der Waals surface area contributed by atoms with Crippen LogP contribution in [0.5, 0.6) is 0 Å². The summed E-state index contributed by atoms with van der Waals surface area (Å²) in [5, 5.41) is 14.5. The van der Waals surface area contributed by atoms with Crippen molar-refractivity contribution in [1.29, 1.82) is 0 Å². The standard InChI is InChI=1S/C15H19BrN2OS/c1-11(2)18-8-7-13(17-18)9-14(19)10-20-15-5-3-12(16)4-6-15/h3-8,11,14,19H,9-10H2,1-2H3. The van der Waals surface area contributed by atoms with Gasteiger partial charge in [-0.15, -0.1) is 11.8 Å². The Labute approximate surface area is 132 Å². The lowest BCUT2D eigenvalue weighted by molar-refractivity contribution is 0.198. The van der Waals surface area contributed by atoms with Crippen LogP contribution in [-0.2, 0) is 6.42 Å². The van der Waals surface area contributed by atoms with Gasteiger partial charge in [0.2, 0.25) is 0 Å². The molecule has 1 heterocycles. The second-order valence-corrected chi connectivity index (χ2v) is 7.01. The number of hydrogen-bond donors (Lipinski definition) is 1. The van der Waals surface area contributed by atoms with Gasteiger partial charge in [0.15, 0.2) is 0 Å². The Morgan fingerprint density at radius 3 is 2.55 bits per heavy atom. The van der Waals surface area contributed by atoms with Crippen LogP contribution in [0.25, 0.3) is 0 Å². The van der Waals surface area contributed by atoms with Gasteiger partial charge in [-0.2, -0.15) is 5.10 Å². The second kappa shape index (κ2) is 7.29. The van der Waals surface area contributed by atoms with E-state index in [1.54, 1.807) is 11.8 Å². The fraction of sp³-hybridized carbons (Fsp3) is 0.400. The normalized spacial score (nSPS) is 12.8. The number of rotatable bonds is 6. The summed E-state index contributed by atoms with van der Waals surface area (Å²) < 4.78 is 2.99. The van der Waals surface area contributed by atoms with Crippen LogP contribution in [-0.4, -0.2) is 26.7 Å². The van der Waals surface area contributed by atoms with Gasteiger partial charge < -0.3 is 5.11 Å². The number of nitrogens with zero attached hydrogens (tertiary/aromatic N) is 2. The van der Waals surface area contributed by atoms with E-state index >= 15 is 0 Å². The Balaban J connectivity index is 1.82. The molecule has 5 heteroatoms. The van der Waals surface area contributed by atoms with E-state index in [2.05, 4.69) is 47.0 Å². The van der Waals surface area contributed by atoms with Gasteiger partial charge in [-0.25, -0.2) is 0 Å². The third kappa shape index (κ3) is 4.65. The van der Waals surface area contributed by atoms with Crippen molar-refractivity contribution in [3.05, 3.63) is 46.7 Å². The molecule has 0 spiro atoms. The number of benzene rings is 1. The summed E-state index contributed by atoms with van der Waals surface area (Å²) in [6, 6.07) is 10.5. The van der Waals surface area contributed by atoms with Gasteiger partial charge in [-0.1, -0.05) is 15.9 Å². The van der Waals surface area contributed by atoms with Crippen LogP contribution in [0.15, 0.2) is 45.9 Å². The molecule has 0 radical (unpaired) electrons. The highest BCUT2D eigenvalue weighted by atomic mass is 79.9. The lowest BCUT2D eigenvalue weighted by atomic mass is 10.2. The zero-order chi connectivity index (χ0) is 14.5. The quantitative estimate of drug-likeness (QED) is 0.798. The van der Waals surface area contributed by atoms with Crippen molar-refractivity contribution in [2.45, 2.75) is 37.3 Å². The summed E-state index contributed by atoms with van der Waals surface area (Å²) in [6.45, 7) is 4.19. The summed E-state index contributed by atoms with van der Waals surface area (Å²) in [5.41, 5.74) is 0.947. The molecule has 1 aromatic heterocycles. The van der Waals surface area contributed by atoms with Gasteiger partial charge in [0.05, 0.1) is 11.8 Å². The lowest BCUT2D eigenvalue weighted by Gasteiger charge is -2.09. The van der Waals surface area contributed by atoms with Crippen LogP contribution in [0.1, 0.15) is 25.6 Å². The zero-order valence-corrected chi connectivity index (χ0v) is 14.1. The first kappa shape index (κ1) is 15.6. The monoisotopic (exact) mass is 354 g/mol.